The standard InChI is InChI=1S/C8H12O4/c1-5(9)12-7-4-11-8-6(7)2-3-10-8/h6-8H,2-4H2,1H3/t6-,7?,8+/m0/s1. The zero-order valence-corrected chi connectivity index (χ0v) is 6.99. The van der Waals surface area contributed by atoms with Crippen LogP contribution in [0.5, 0.6) is 0 Å². The Balaban J connectivity index is 1.95. The van der Waals surface area contributed by atoms with Gasteiger partial charge in [-0.3, -0.25) is 4.79 Å². The first-order valence-corrected chi connectivity index (χ1v) is 4.18. The van der Waals surface area contributed by atoms with Gasteiger partial charge in [0.1, 0.15) is 6.10 Å². The molecule has 0 bridgehead atoms. The molecule has 0 amide bonds. The average Bonchev–Trinajstić information content (AvgIpc) is 2.52. The van der Waals surface area contributed by atoms with Crippen molar-refractivity contribution in [2.75, 3.05) is 13.2 Å². The summed E-state index contributed by atoms with van der Waals surface area (Å²) in [6.45, 7) is 2.62. The van der Waals surface area contributed by atoms with Gasteiger partial charge in [0.2, 0.25) is 0 Å². The molecule has 3 atom stereocenters. The summed E-state index contributed by atoms with van der Waals surface area (Å²) in [5.74, 6) is 0.0186. The van der Waals surface area contributed by atoms with Crippen LogP contribution in [0.3, 0.4) is 0 Å². The van der Waals surface area contributed by atoms with Gasteiger partial charge >= 0.3 is 5.97 Å². The van der Waals surface area contributed by atoms with E-state index < -0.39 is 0 Å². The summed E-state index contributed by atoms with van der Waals surface area (Å²) in [6, 6.07) is 0. The zero-order valence-electron chi connectivity index (χ0n) is 6.99. The van der Waals surface area contributed by atoms with Crippen molar-refractivity contribution in [3.63, 3.8) is 0 Å². The predicted molar refractivity (Wildman–Crippen MR) is 39.4 cm³/mol. The molecule has 0 spiro atoms. The maximum absolute atomic E-state index is 10.7. The lowest BCUT2D eigenvalue weighted by Crippen LogP contribution is -2.25. The third-order valence-corrected chi connectivity index (χ3v) is 2.30. The number of hydrogen-bond acceptors (Lipinski definition) is 4. The minimum Gasteiger partial charge on any atom is -0.460 e. The number of carbonyl (C=O) groups excluding carboxylic acids is 1. The molecule has 0 saturated carbocycles. The topological polar surface area (TPSA) is 44.8 Å². The number of ether oxygens (including phenoxy) is 3. The first-order valence-electron chi connectivity index (χ1n) is 4.18. The summed E-state index contributed by atoms with van der Waals surface area (Å²) in [4.78, 5) is 10.7. The Hall–Kier alpha value is -0.610. The molecule has 68 valence electrons. The fraction of sp³-hybridized carbons (Fsp3) is 0.875. The number of fused-ring (bicyclic) bond motifs is 1. The van der Waals surface area contributed by atoms with E-state index in [1.807, 2.05) is 0 Å². The van der Waals surface area contributed by atoms with Crippen LogP contribution >= 0.6 is 0 Å². The average molecular weight is 172 g/mol. The van der Waals surface area contributed by atoms with E-state index in [0.29, 0.717) is 13.2 Å². The molecule has 2 saturated heterocycles. The third-order valence-electron chi connectivity index (χ3n) is 2.30. The van der Waals surface area contributed by atoms with Crippen molar-refractivity contribution in [2.24, 2.45) is 5.92 Å². The van der Waals surface area contributed by atoms with Crippen molar-refractivity contribution >= 4 is 5.97 Å². The van der Waals surface area contributed by atoms with Gasteiger partial charge in [-0.25, -0.2) is 0 Å². The molecule has 0 aromatic carbocycles. The van der Waals surface area contributed by atoms with Crippen molar-refractivity contribution in [1.82, 2.24) is 0 Å². The number of carbonyl (C=O) groups is 1. The molecular formula is C8H12O4. The Morgan fingerprint density at radius 2 is 2.33 bits per heavy atom. The highest BCUT2D eigenvalue weighted by Gasteiger charge is 2.43. The van der Waals surface area contributed by atoms with Crippen LogP contribution in [-0.2, 0) is 19.0 Å². The van der Waals surface area contributed by atoms with Crippen LogP contribution in [-0.4, -0.2) is 31.6 Å². The van der Waals surface area contributed by atoms with Crippen molar-refractivity contribution in [2.45, 2.75) is 25.7 Å². The molecule has 12 heavy (non-hydrogen) atoms. The summed E-state index contributed by atoms with van der Waals surface area (Å²) in [5, 5.41) is 0. The fourth-order valence-corrected chi connectivity index (χ4v) is 1.76. The van der Waals surface area contributed by atoms with Crippen LogP contribution < -0.4 is 0 Å². The van der Waals surface area contributed by atoms with E-state index in [1.165, 1.54) is 6.92 Å². The van der Waals surface area contributed by atoms with E-state index in [2.05, 4.69) is 0 Å². The second-order valence-corrected chi connectivity index (χ2v) is 3.17. The largest absolute Gasteiger partial charge is 0.460 e. The van der Waals surface area contributed by atoms with Crippen LogP contribution in [0.1, 0.15) is 13.3 Å². The molecule has 4 nitrogen and oxygen atoms in total. The monoisotopic (exact) mass is 172 g/mol. The van der Waals surface area contributed by atoms with Crippen LogP contribution in [0.25, 0.3) is 0 Å². The fourth-order valence-electron chi connectivity index (χ4n) is 1.76. The summed E-state index contributed by atoms with van der Waals surface area (Å²) in [5.41, 5.74) is 0. The second-order valence-electron chi connectivity index (χ2n) is 3.17. The Kier molecular flexibility index (Phi) is 2.02. The maximum Gasteiger partial charge on any atom is 0.302 e. The van der Waals surface area contributed by atoms with Gasteiger partial charge in [-0.15, -0.1) is 0 Å². The van der Waals surface area contributed by atoms with Crippen molar-refractivity contribution < 1.29 is 19.0 Å². The minimum absolute atomic E-state index is 0.0880. The maximum atomic E-state index is 10.7. The quantitative estimate of drug-likeness (QED) is 0.534. The summed E-state index contributed by atoms with van der Waals surface area (Å²) in [7, 11) is 0. The third kappa shape index (κ3) is 1.32. The summed E-state index contributed by atoms with van der Waals surface area (Å²) in [6.07, 6.45) is 0.715. The van der Waals surface area contributed by atoms with E-state index in [4.69, 9.17) is 14.2 Å². The van der Waals surface area contributed by atoms with Crippen molar-refractivity contribution in [1.29, 1.82) is 0 Å². The smallest absolute Gasteiger partial charge is 0.302 e. The molecule has 0 radical (unpaired) electrons. The molecule has 2 heterocycles. The number of hydrogen-bond donors (Lipinski definition) is 0. The molecule has 0 aromatic rings. The molecule has 4 heteroatoms. The van der Waals surface area contributed by atoms with Gasteiger partial charge in [0.05, 0.1) is 19.1 Å². The van der Waals surface area contributed by atoms with Crippen molar-refractivity contribution in [3.8, 4) is 0 Å². The highest BCUT2D eigenvalue weighted by molar-refractivity contribution is 5.66. The first-order chi connectivity index (χ1) is 5.77. The van der Waals surface area contributed by atoms with E-state index in [0.717, 1.165) is 6.42 Å². The Bertz CT molecular complexity index is 191. The van der Waals surface area contributed by atoms with E-state index in [-0.39, 0.29) is 24.3 Å². The normalized spacial score (nSPS) is 39.6. The van der Waals surface area contributed by atoms with Gasteiger partial charge in [0.15, 0.2) is 6.29 Å². The zero-order chi connectivity index (χ0) is 8.55. The summed E-state index contributed by atoms with van der Waals surface area (Å²) < 4.78 is 15.6. The Morgan fingerprint density at radius 1 is 1.50 bits per heavy atom. The molecular weight excluding hydrogens is 160 g/mol. The van der Waals surface area contributed by atoms with Crippen LogP contribution in [0.4, 0.5) is 0 Å². The van der Waals surface area contributed by atoms with Gasteiger partial charge < -0.3 is 14.2 Å². The van der Waals surface area contributed by atoms with E-state index in [9.17, 15) is 4.79 Å². The van der Waals surface area contributed by atoms with Gasteiger partial charge in [0, 0.05) is 6.92 Å². The molecule has 2 fully saturated rings. The highest BCUT2D eigenvalue weighted by atomic mass is 16.7. The number of esters is 1. The SMILES string of the molecule is CC(=O)OC1CO[C@H]2OCC[C@@H]12. The van der Waals surface area contributed by atoms with E-state index in [1.54, 1.807) is 0 Å². The second kappa shape index (κ2) is 3.03. The molecule has 1 unspecified atom stereocenters. The minimum atomic E-state index is -0.240. The lowest BCUT2D eigenvalue weighted by atomic mass is 10.0. The van der Waals surface area contributed by atoms with Gasteiger partial charge in [-0.2, -0.15) is 0 Å². The summed E-state index contributed by atoms with van der Waals surface area (Å²) >= 11 is 0. The molecule has 0 N–H and O–H groups in total. The van der Waals surface area contributed by atoms with Crippen LogP contribution in [0, 0.1) is 5.92 Å². The lowest BCUT2D eigenvalue weighted by Gasteiger charge is -2.13. The Labute approximate surface area is 70.8 Å². The number of rotatable bonds is 1. The Morgan fingerprint density at radius 3 is 3.08 bits per heavy atom. The molecule has 2 aliphatic rings. The van der Waals surface area contributed by atoms with Crippen molar-refractivity contribution in [3.05, 3.63) is 0 Å². The van der Waals surface area contributed by atoms with Gasteiger partial charge in [0.25, 0.3) is 0 Å². The van der Waals surface area contributed by atoms with Gasteiger partial charge in [-0.05, 0) is 6.42 Å². The van der Waals surface area contributed by atoms with Crippen LogP contribution in [0.15, 0.2) is 0 Å². The highest BCUT2D eigenvalue weighted by Crippen LogP contribution is 2.32. The molecule has 0 aliphatic carbocycles. The molecule has 2 rings (SSSR count). The van der Waals surface area contributed by atoms with E-state index >= 15 is 0 Å². The molecule has 2 aliphatic heterocycles. The molecule has 0 aromatic heterocycles. The van der Waals surface area contributed by atoms with Gasteiger partial charge in [-0.1, -0.05) is 0 Å². The lowest BCUT2D eigenvalue weighted by molar-refractivity contribution is -0.147. The predicted octanol–water partition coefficient (Wildman–Crippen LogP) is 0.311. The first kappa shape index (κ1) is 8.01. The van der Waals surface area contributed by atoms with Crippen LogP contribution in [0.2, 0.25) is 0 Å².